The van der Waals surface area contributed by atoms with Crippen molar-refractivity contribution >= 4 is 43.4 Å². The van der Waals surface area contributed by atoms with Crippen LogP contribution < -0.4 is 5.32 Å². The third-order valence-electron chi connectivity index (χ3n) is 2.53. The van der Waals surface area contributed by atoms with Gasteiger partial charge in [-0.2, -0.15) is 0 Å². The van der Waals surface area contributed by atoms with Gasteiger partial charge in [0, 0.05) is 10.7 Å². The zero-order valence-corrected chi connectivity index (χ0v) is 12.8. The predicted molar refractivity (Wildman–Crippen MR) is 78.8 cm³/mol. The van der Waals surface area contributed by atoms with Gasteiger partial charge in [-0.3, -0.25) is 0 Å². The van der Waals surface area contributed by atoms with Crippen molar-refractivity contribution < 1.29 is 0 Å². The van der Waals surface area contributed by atoms with E-state index in [4.69, 9.17) is 0 Å². The molecular weight excluding hydrogens is 344 g/mol. The number of aromatic nitrogens is 1. The summed E-state index contributed by atoms with van der Waals surface area (Å²) in [5, 5.41) is 3.32. The van der Waals surface area contributed by atoms with Crippen molar-refractivity contribution in [3.05, 3.63) is 50.5 Å². The highest BCUT2D eigenvalue weighted by molar-refractivity contribution is 9.11. The number of anilines is 2. The van der Waals surface area contributed by atoms with E-state index in [1.54, 1.807) is 6.20 Å². The summed E-state index contributed by atoms with van der Waals surface area (Å²) in [6, 6.07) is 8.08. The van der Waals surface area contributed by atoms with Crippen LogP contribution in [0, 0.1) is 13.8 Å². The average Bonchev–Trinajstić information content (AvgIpc) is 2.31. The van der Waals surface area contributed by atoms with Crippen LogP contribution in [0.4, 0.5) is 11.5 Å². The van der Waals surface area contributed by atoms with Gasteiger partial charge in [0.2, 0.25) is 0 Å². The minimum atomic E-state index is 0.830. The second-order valence-electron chi connectivity index (χ2n) is 3.85. The maximum Gasteiger partial charge on any atom is 0.144 e. The molecule has 2 rings (SSSR count). The molecule has 0 aliphatic heterocycles. The fourth-order valence-electron chi connectivity index (χ4n) is 1.50. The summed E-state index contributed by atoms with van der Waals surface area (Å²) in [6.07, 6.45) is 1.80. The summed E-state index contributed by atoms with van der Waals surface area (Å²) in [7, 11) is 0. The van der Waals surface area contributed by atoms with E-state index in [0.29, 0.717) is 0 Å². The van der Waals surface area contributed by atoms with Crippen LogP contribution in [0.3, 0.4) is 0 Å². The van der Waals surface area contributed by atoms with Crippen LogP contribution in [0.1, 0.15) is 11.1 Å². The number of benzene rings is 1. The fourth-order valence-corrected chi connectivity index (χ4v) is 2.20. The van der Waals surface area contributed by atoms with E-state index in [1.807, 2.05) is 25.1 Å². The van der Waals surface area contributed by atoms with Gasteiger partial charge < -0.3 is 5.32 Å². The molecule has 1 N–H and O–H groups in total. The van der Waals surface area contributed by atoms with E-state index in [9.17, 15) is 0 Å². The van der Waals surface area contributed by atoms with Crippen LogP contribution in [0.5, 0.6) is 0 Å². The van der Waals surface area contributed by atoms with Crippen molar-refractivity contribution in [3.8, 4) is 0 Å². The molecule has 0 amide bonds. The summed E-state index contributed by atoms with van der Waals surface area (Å²) in [6.45, 7) is 4.11. The number of nitrogens with zero attached hydrogens (tertiary/aromatic N) is 1. The van der Waals surface area contributed by atoms with E-state index in [-0.39, 0.29) is 0 Å². The predicted octanol–water partition coefficient (Wildman–Crippen LogP) is 4.97. The van der Waals surface area contributed by atoms with Crippen LogP contribution in [0.2, 0.25) is 0 Å². The maximum absolute atomic E-state index is 4.33. The number of aryl methyl sites for hydroxylation is 2. The molecule has 0 aliphatic carbocycles. The number of halogens is 2. The second kappa shape index (κ2) is 5.19. The molecule has 88 valence electrons. The molecule has 2 nitrogen and oxygen atoms in total. The average molecular weight is 356 g/mol. The van der Waals surface area contributed by atoms with E-state index in [2.05, 4.69) is 55.2 Å². The SMILES string of the molecule is Cc1cccc(Nc2nccc(C)c2Br)c1Br. The van der Waals surface area contributed by atoms with E-state index in [0.717, 1.165) is 26.0 Å². The smallest absolute Gasteiger partial charge is 0.144 e. The Morgan fingerprint density at radius 3 is 2.47 bits per heavy atom. The first-order valence-corrected chi connectivity index (χ1v) is 6.81. The molecule has 0 spiro atoms. The molecule has 4 heteroatoms. The normalized spacial score (nSPS) is 10.4. The highest BCUT2D eigenvalue weighted by atomic mass is 79.9. The summed E-state index contributed by atoms with van der Waals surface area (Å²) in [5.41, 5.74) is 3.37. The van der Waals surface area contributed by atoms with Gasteiger partial charge in [-0.15, -0.1) is 0 Å². The number of nitrogens with one attached hydrogen (secondary N) is 1. The van der Waals surface area contributed by atoms with Crippen molar-refractivity contribution in [2.75, 3.05) is 5.32 Å². The second-order valence-corrected chi connectivity index (χ2v) is 5.44. The van der Waals surface area contributed by atoms with Crippen molar-refractivity contribution in [1.29, 1.82) is 0 Å². The third kappa shape index (κ3) is 2.69. The molecule has 0 aliphatic rings. The van der Waals surface area contributed by atoms with Gasteiger partial charge in [-0.1, -0.05) is 12.1 Å². The van der Waals surface area contributed by atoms with E-state index in [1.165, 1.54) is 5.56 Å². The number of hydrogen-bond donors (Lipinski definition) is 1. The molecule has 0 radical (unpaired) electrons. The molecule has 1 aromatic heterocycles. The number of pyridine rings is 1. The zero-order chi connectivity index (χ0) is 12.4. The Morgan fingerprint density at radius 2 is 1.71 bits per heavy atom. The minimum Gasteiger partial charge on any atom is -0.338 e. The van der Waals surface area contributed by atoms with Gasteiger partial charge in [0.15, 0.2) is 0 Å². The monoisotopic (exact) mass is 354 g/mol. The molecule has 0 unspecified atom stereocenters. The molecule has 0 bridgehead atoms. The molecular formula is C13H12Br2N2. The van der Waals surface area contributed by atoms with Crippen LogP contribution in [0.15, 0.2) is 39.4 Å². The largest absolute Gasteiger partial charge is 0.338 e. The minimum absolute atomic E-state index is 0.830. The lowest BCUT2D eigenvalue weighted by molar-refractivity contribution is 1.24. The Balaban J connectivity index is 2.38. The lowest BCUT2D eigenvalue weighted by Crippen LogP contribution is -1.97. The zero-order valence-electron chi connectivity index (χ0n) is 9.59. The molecule has 2 aromatic rings. The first-order chi connectivity index (χ1) is 8.09. The Labute approximate surface area is 118 Å². The molecule has 1 heterocycles. The van der Waals surface area contributed by atoms with Crippen molar-refractivity contribution in [2.24, 2.45) is 0 Å². The Bertz CT molecular complexity index is 504. The Morgan fingerprint density at radius 1 is 1.00 bits per heavy atom. The highest BCUT2D eigenvalue weighted by Crippen LogP contribution is 2.31. The highest BCUT2D eigenvalue weighted by Gasteiger charge is 2.07. The topological polar surface area (TPSA) is 24.9 Å². The Kier molecular flexibility index (Phi) is 3.84. The fraction of sp³-hybridized carbons (Fsp3) is 0.154. The van der Waals surface area contributed by atoms with Crippen molar-refractivity contribution in [2.45, 2.75) is 13.8 Å². The van der Waals surface area contributed by atoms with Gasteiger partial charge in [0.1, 0.15) is 5.82 Å². The van der Waals surface area contributed by atoms with Crippen LogP contribution in [0.25, 0.3) is 0 Å². The standard InChI is InChI=1S/C13H12Br2N2/c1-8-4-3-5-10(11(8)14)17-13-12(15)9(2)6-7-16-13/h3-7H,1-2H3,(H,16,17). The lowest BCUT2D eigenvalue weighted by atomic mass is 10.2. The maximum atomic E-state index is 4.33. The van der Waals surface area contributed by atoms with E-state index >= 15 is 0 Å². The molecule has 0 atom stereocenters. The molecule has 0 saturated carbocycles. The first kappa shape index (κ1) is 12.6. The quantitative estimate of drug-likeness (QED) is 0.822. The van der Waals surface area contributed by atoms with E-state index < -0.39 is 0 Å². The summed E-state index contributed by atoms with van der Waals surface area (Å²) in [4.78, 5) is 4.33. The van der Waals surface area contributed by atoms with Gasteiger partial charge >= 0.3 is 0 Å². The first-order valence-electron chi connectivity index (χ1n) is 5.23. The van der Waals surface area contributed by atoms with Gasteiger partial charge in [0.25, 0.3) is 0 Å². The summed E-state index contributed by atoms with van der Waals surface area (Å²) < 4.78 is 2.06. The van der Waals surface area contributed by atoms with Crippen molar-refractivity contribution in [1.82, 2.24) is 4.98 Å². The molecule has 0 fully saturated rings. The van der Waals surface area contributed by atoms with Crippen LogP contribution >= 0.6 is 31.9 Å². The summed E-state index contributed by atoms with van der Waals surface area (Å²) >= 11 is 7.12. The number of hydrogen-bond acceptors (Lipinski definition) is 2. The van der Waals surface area contributed by atoms with Gasteiger partial charge in [-0.25, -0.2) is 4.98 Å². The van der Waals surface area contributed by atoms with Gasteiger partial charge in [0.05, 0.1) is 10.2 Å². The Hall–Kier alpha value is -0.870. The number of rotatable bonds is 2. The van der Waals surface area contributed by atoms with Crippen molar-refractivity contribution in [3.63, 3.8) is 0 Å². The molecule has 17 heavy (non-hydrogen) atoms. The van der Waals surface area contributed by atoms with Crippen LogP contribution in [-0.2, 0) is 0 Å². The molecule has 0 saturated heterocycles. The molecule has 1 aromatic carbocycles. The lowest BCUT2D eigenvalue weighted by Gasteiger charge is -2.11. The third-order valence-corrected chi connectivity index (χ3v) is 4.58. The van der Waals surface area contributed by atoms with Gasteiger partial charge in [-0.05, 0) is 69.0 Å². The summed E-state index contributed by atoms with van der Waals surface area (Å²) in [5.74, 6) is 0.830. The van der Waals surface area contributed by atoms with Crippen LogP contribution in [-0.4, -0.2) is 4.98 Å².